The van der Waals surface area contributed by atoms with E-state index < -0.39 is 0 Å². The van der Waals surface area contributed by atoms with Crippen LogP contribution in [0.15, 0.2) is 18.2 Å². The van der Waals surface area contributed by atoms with Crippen LogP contribution in [0.2, 0.25) is 0 Å². The third kappa shape index (κ3) is 4.83. The van der Waals surface area contributed by atoms with E-state index in [0.29, 0.717) is 13.2 Å². The van der Waals surface area contributed by atoms with Gasteiger partial charge >= 0.3 is 0 Å². The molecule has 1 fully saturated rings. The van der Waals surface area contributed by atoms with Crippen LogP contribution in [0.25, 0.3) is 0 Å². The largest absolute Gasteiger partial charge is 0.490 e. The summed E-state index contributed by atoms with van der Waals surface area (Å²) < 4.78 is 11.6. The molecule has 0 bridgehead atoms. The fraction of sp³-hybridized carbons (Fsp3) is 0.667. The maximum absolute atomic E-state index is 6.09. The highest BCUT2D eigenvalue weighted by atomic mass is 16.5. The van der Waals surface area contributed by atoms with Gasteiger partial charge in [0.2, 0.25) is 0 Å². The Bertz CT molecular complexity index is 485. The van der Waals surface area contributed by atoms with E-state index in [2.05, 4.69) is 29.0 Å². The average Bonchev–Trinajstić information content (AvgIpc) is 2.52. The van der Waals surface area contributed by atoms with E-state index in [1.807, 2.05) is 26.8 Å². The lowest BCUT2D eigenvalue weighted by Gasteiger charge is -2.37. The van der Waals surface area contributed by atoms with Crippen LogP contribution in [0.3, 0.4) is 0 Å². The minimum atomic E-state index is 0.128. The van der Waals surface area contributed by atoms with Gasteiger partial charge in [0.15, 0.2) is 11.5 Å². The summed E-state index contributed by atoms with van der Waals surface area (Å²) in [7, 11) is 2.17. The summed E-state index contributed by atoms with van der Waals surface area (Å²) in [6.07, 6.45) is 0.128. The molecule has 5 heteroatoms. The monoisotopic (exact) mass is 321 g/mol. The van der Waals surface area contributed by atoms with Gasteiger partial charge in [0.05, 0.1) is 12.7 Å². The molecule has 0 spiro atoms. The molecule has 1 aliphatic heterocycles. The second kappa shape index (κ2) is 8.52. The third-order valence-electron chi connectivity index (χ3n) is 4.22. The quantitative estimate of drug-likeness (QED) is 0.834. The SMILES string of the molecule is CCOc1cc(C(CN)N2CCN(C)CC2)ccc1OC(C)C. The smallest absolute Gasteiger partial charge is 0.161 e. The fourth-order valence-electron chi connectivity index (χ4n) is 2.98. The lowest BCUT2D eigenvalue weighted by molar-refractivity contribution is 0.114. The van der Waals surface area contributed by atoms with Crippen molar-refractivity contribution in [3.8, 4) is 11.5 Å². The molecule has 2 N–H and O–H groups in total. The highest BCUT2D eigenvalue weighted by Crippen LogP contribution is 2.33. The van der Waals surface area contributed by atoms with Gasteiger partial charge in [-0.15, -0.1) is 0 Å². The van der Waals surface area contributed by atoms with Gasteiger partial charge in [-0.05, 0) is 45.5 Å². The molecule has 1 heterocycles. The van der Waals surface area contributed by atoms with E-state index in [0.717, 1.165) is 37.7 Å². The number of hydrogen-bond acceptors (Lipinski definition) is 5. The van der Waals surface area contributed by atoms with Gasteiger partial charge in [-0.2, -0.15) is 0 Å². The molecule has 2 rings (SSSR count). The van der Waals surface area contributed by atoms with Gasteiger partial charge < -0.3 is 20.1 Å². The number of likely N-dealkylation sites (N-methyl/N-ethyl adjacent to an activating group) is 1. The van der Waals surface area contributed by atoms with Crippen molar-refractivity contribution in [3.05, 3.63) is 23.8 Å². The molecule has 1 atom stereocenters. The fourth-order valence-corrected chi connectivity index (χ4v) is 2.98. The minimum absolute atomic E-state index is 0.128. The van der Waals surface area contributed by atoms with Crippen LogP contribution in [0.1, 0.15) is 32.4 Å². The number of nitrogens with zero attached hydrogens (tertiary/aromatic N) is 2. The molecule has 0 aromatic heterocycles. The highest BCUT2D eigenvalue weighted by molar-refractivity contribution is 5.44. The summed E-state index contributed by atoms with van der Waals surface area (Å²) in [5.41, 5.74) is 7.29. The Hall–Kier alpha value is -1.30. The van der Waals surface area contributed by atoms with E-state index in [9.17, 15) is 0 Å². The maximum atomic E-state index is 6.09. The molecule has 1 unspecified atom stereocenters. The van der Waals surface area contributed by atoms with Crippen molar-refractivity contribution in [2.45, 2.75) is 32.9 Å². The molecule has 0 amide bonds. The van der Waals surface area contributed by atoms with Gasteiger partial charge in [-0.3, -0.25) is 4.90 Å². The topological polar surface area (TPSA) is 51.0 Å². The van der Waals surface area contributed by atoms with Crippen LogP contribution < -0.4 is 15.2 Å². The van der Waals surface area contributed by atoms with Crippen molar-refractivity contribution >= 4 is 0 Å². The van der Waals surface area contributed by atoms with Crippen LogP contribution in [-0.4, -0.2) is 62.3 Å². The average molecular weight is 321 g/mol. The van der Waals surface area contributed by atoms with E-state index in [1.165, 1.54) is 5.56 Å². The molecular formula is C18H31N3O2. The predicted molar refractivity (Wildman–Crippen MR) is 94.2 cm³/mol. The van der Waals surface area contributed by atoms with Gasteiger partial charge in [0.25, 0.3) is 0 Å². The number of benzene rings is 1. The van der Waals surface area contributed by atoms with E-state index in [4.69, 9.17) is 15.2 Å². The van der Waals surface area contributed by atoms with Crippen molar-refractivity contribution in [3.63, 3.8) is 0 Å². The third-order valence-corrected chi connectivity index (χ3v) is 4.22. The van der Waals surface area contributed by atoms with Crippen LogP contribution >= 0.6 is 0 Å². The summed E-state index contributed by atoms with van der Waals surface area (Å²) in [6, 6.07) is 6.46. The maximum Gasteiger partial charge on any atom is 0.161 e. The Morgan fingerprint density at radius 2 is 1.83 bits per heavy atom. The molecule has 130 valence electrons. The number of ether oxygens (including phenoxy) is 2. The molecule has 23 heavy (non-hydrogen) atoms. The van der Waals surface area contributed by atoms with Gasteiger partial charge in [0, 0.05) is 38.8 Å². The first-order valence-electron chi connectivity index (χ1n) is 8.61. The molecule has 1 saturated heterocycles. The molecule has 1 aromatic rings. The van der Waals surface area contributed by atoms with Gasteiger partial charge in [0.1, 0.15) is 0 Å². The minimum Gasteiger partial charge on any atom is -0.490 e. The Kier molecular flexibility index (Phi) is 6.69. The first-order chi connectivity index (χ1) is 11.0. The zero-order chi connectivity index (χ0) is 16.8. The molecule has 0 aliphatic carbocycles. The van der Waals surface area contributed by atoms with Crippen LogP contribution in [-0.2, 0) is 0 Å². The van der Waals surface area contributed by atoms with E-state index in [1.54, 1.807) is 0 Å². The Morgan fingerprint density at radius 1 is 1.13 bits per heavy atom. The summed E-state index contributed by atoms with van der Waals surface area (Å²) >= 11 is 0. The predicted octanol–water partition coefficient (Wildman–Crippen LogP) is 2.12. The molecule has 0 saturated carbocycles. The molecule has 1 aliphatic rings. The zero-order valence-electron chi connectivity index (χ0n) is 14.9. The Morgan fingerprint density at radius 3 is 2.39 bits per heavy atom. The standard InChI is InChI=1S/C18H31N3O2/c1-5-22-18-12-15(6-7-17(18)23-14(2)3)16(13-19)21-10-8-20(4)9-11-21/h6-7,12,14,16H,5,8-11,13,19H2,1-4H3. The lowest BCUT2D eigenvalue weighted by Crippen LogP contribution is -2.47. The van der Waals surface area contributed by atoms with Crippen LogP contribution in [0.5, 0.6) is 11.5 Å². The first kappa shape index (κ1) is 18.0. The van der Waals surface area contributed by atoms with Crippen molar-refractivity contribution < 1.29 is 9.47 Å². The summed E-state index contributed by atoms with van der Waals surface area (Å²) in [5, 5.41) is 0. The summed E-state index contributed by atoms with van der Waals surface area (Å²) in [4.78, 5) is 4.82. The lowest BCUT2D eigenvalue weighted by atomic mass is 10.0. The van der Waals surface area contributed by atoms with Gasteiger partial charge in [-0.25, -0.2) is 0 Å². The second-order valence-electron chi connectivity index (χ2n) is 6.40. The zero-order valence-corrected chi connectivity index (χ0v) is 14.9. The van der Waals surface area contributed by atoms with Gasteiger partial charge in [-0.1, -0.05) is 6.07 Å². The van der Waals surface area contributed by atoms with Crippen molar-refractivity contribution in [1.29, 1.82) is 0 Å². The second-order valence-corrected chi connectivity index (χ2v) is 6.40. The molecular weight excluding hydrogens is 290 g/mol. The van der Waals surface area contributed by atoms with Crippen LogP contribution in [0.4, 0.5) is 0 Å². The van der Waals surface area contributed by atoms with E-state index >= 15 is 0 Å². The van der Waals surface area contributed by atoms with E-state index in [-0.39, 0.29) is 12.1 Å². The van der Waals surface area contributed by atoms with Crippen molar-refractivity contribution in [1.82, 2.24) is 9.80 Å². The molecule has 1 aromatic carbocycles. The van der Waals surface area contributed by atoms with Crippen molar-refractivity contribution in [2.24, 2.45) is 5.73 Å². The normalized spacial score (nSPS) is 18.2. The first-order valence-corrected chi connectivity index (χ1v) is 8.61. The number of nitrogens with two attached hydrogens (primary N) is 1. The summed E-state index contributed by atoms with van der Waals surface area (Å²) in [5.74, 6) is 1.62. The number of hydrogen-bond donors (Lipinski definition) is 1. The van der Waals surface area contributed by atoms with Crippen LogP contribution in [0, 0.1) is 0 Å². The number of rotatable bonds is 7. The van der Waals surface area contributed by atoms with Crippen molar-refractivity contribution in [2.75, 3.05) is 46.4 Å². The Balaban J connectivity index is 2.20. The summed E-state index contributed by atoms with van der Waals surface area (Å²) in [6.45, 7) is 11.5. The molecule has 0 radical (unpaired) electrons. The number of piperazine rings is 1. The highest BCUT2D eigenvalue weighted by Gasteiger charge is 2.24. The Labute approximate surface area is 140 Å². The molecule has 5 nitrogen and oxygen atoms in total.